The minimum Gasteiger partial charge on any atom is -0.355 e. The molecule has 2 aromatic rings. The first-order valence-electron chi connectivity index (χ1n) is 6.16. The van der Waals surface area contributed by atoms with Crippen LogP contribution in [0.3, 0.4) is 0 Å². The van der Waals surface area contributed by atoms with Gasteiger partial charge in [0.1, 0.15) is 0 Å². The number of hydrogen-bond acceptors (Lipinski definition) is 2. The second kappa shape index (κ2) is 6.73. The molecule has 0 aromatic heterocycles. The molecule has 0 unspecified atom stereocenters. The number of carbonyl (C=O) groups is 1. The summed E-state index contributed by atoms with van der Waals surface area (Å²) < 4.78 is -3.69. The average Bonchev–Trinajstić information content (AvgIpc) is 2.52. The summed E-state index contributed by atoms with van der Waals surface area (Å²) in [4.78, 5) is 12.0. The number of rotatable bonds is 0. The van der Waals surface area contributed by atoms with E-state index >= 15 is 0 Å². The Hall–Kier alpha value is -0.210. The third kappa shape index (κ3) is 6.12. The van der Waals surface area contributed by atoms with E-state index in [1.807, 2.05) is 48.5 Å². The zero-order chi connectivity index (χ0) is 16.4. The van der Waals surface area contributed by atoms with Crippen molar-refractivity contribution < 1.29 is 4.79 Å². The van der Waals surface area contributed by atoms with Crippen molar-refractivity contribution >= 4 is 76.7 Å². The third-order valence-corrected chi connectivity index (χ3v) is 2.87. The Balaban J connectivity index is 0.000000254. The molecule has 1 N–H and O–H groups in total. The van der Waals surface area contributed by atoms with Gasteiger partial charge in [0.2, 0.25) is 0 Å². The van der Waals surface area contributed by atoms with Crippen molar-refractivity contribution in [3.8, 4) is 0 Å². The number of carbonyl (C=O) groups excluding carboxylic acids is 1. The van der Waals surface area contributed by atoms with Crippen LogP contribution in [0.15, 0.2) is 48.5 Å². The van der Waals surface area contributed by atoms with E-state index in [4.69, 9.17) is 56.2 Å². The Bertz CT molecular complexity index is 695. The summed E-state index contributed by atoms with van der Waals surface area (Å²) in [5.41, 5.74) is 3.76. The van der Waals surface area contributed by atoms with Crippen molar-refractivity contribution in [2.45, 2.75) is 6.42 Å². The van der Waals surface area contributed by atoms with Gasteiger partial charge in [-0.1, -0.05) is 30.3 Å². The summed E-state index contributed by atoms with van der Waals surface area (Å²) in [6, 6.07) is 15.6. The molecule has 22 heavy (non-hydrogen) atoms. The fourth-order valence-corrected chi connectivity index (χ4v) is 2.04. The molecule has 3 rings (SSSR count). The molecule has 0 amide bonds. The molecule has 1 heterocycles. The van der Waals surface area contributed by atoms with Gasteiger partial charge >= 0.3 is 59.6 Å². The van der Waals surface area contributed by atoms with Crippen LogP contribution in [0.2, 0.25) is 0 Å². The van der Waals surface area contributed by atoms with Gasteiger partial charge in [0, 0.05) is 23.4 Å². The summed E-state index contributed by atoms with van der Waals surface area (Å²) in [5.74, 6) is 0.174. The monoisotopic (exact) mass is 415 g/mol. The van der Waals surface area contributed by atoms with Crippen molar-refractivity contribution in [1.29, 1.82) is 0 Å². The predicted octanol–water partition coefficient (Wildman–Crippen LogP) is 7.48. The molecule has 0 spiro atoms. The molecule has 0 radical (unpaired) electrons. The minimum atomic E-state index is -3.69. The number of benzene rings is 2. The molecule has 8 heteroatoms. The Kier molecular flexibility index (Phi) is 5.54. The molecule has 2 aromatic carbocycles. The van der Waals surface area contributed by atoms with Crippen molar-refractivity contribution in [1.82, 2.24) is 0 Å². The largest absolute Gasteiger partial charge is 0.355 e. The van der Waals surface area contributed by atoms with E-state index in [1.165, 1.54) is 0 Å². The maximum Gasteiger partial charge on any atom is 0.169 e. The number of ketones is 1. The summed E-state index contributed by atoms with van der Waals surface area (Å²) in [6.07, 6.45) is 0.472. The van der Waals surface area contributed by atoms with Gasteiger partial charge in [-0.2, -0.15) is 0 Å². The molecule has 118 valence electrons. The SMILES string of the molecule is ClP(Cl)(Cl)(Cl)Cl.O=C1Cc2ccccc2Nc2ccccc21. The first kappa shape index (κ1) is 18.1. The average molecular weight is 417 g/mol. The molecule has 1 aliphatic rings. The number of anilines is 2. The molecule has 0 saturated carbocycles. The van der Waals surface area contributed by atoms with Crippen LogP contribution >= 0.6 is 59.6 Å². The zero-order valence-electron chi connectivity index (χ0n) is 11.1. The van der Waals surface area contributed by atoms with Crippen LogP contribution in [-0.2, 0) is 6.42 Å². The molecule has 0 aliphatic carbocycles. The molecule has 0 bridgehead atoms. The molecule has 1 aliphatic heterocycles. The van der Waals surface area contributed by atoms with Crippen molar-refractivity contribution in [2.75, 3.05) is 5.32 Å². The van der Waals surface area contributed by atoms with Gasteiger partial charge in [-0.3, -0.25) is 4.79 Å². The van der Waals surface area contributed by atoms with Gasteiger partial charge in [-0.15, -0.1) is 0 Å². The topological polar surface area (TPSA) is 29.1 Å². The van der Waals surface area contributed by atoms with Crippen LogP contribution in [0, 0.1) is 0 Å². The van der Waals surface area contributed by atoms with Gasteiger partial charge in [0.25, 0.3) is 0 Å². The quantitative estimate of drug-likeness (QED) is 0.450. The molecule has 0 saturated heterocycles. The van der Waals surface area contributed by atoms with Crippen LogP contribution in [0.25, 0.3) is 0 Å². The Morgan fingerprint density at radius 3 is 1.95 bits per heavy atom. The molecule has 0 fully saturated rings. The number of halogens is 5. The fourth-order valence-electron chi connectivity index (χ4n) is 2.04. The Morgan fingerprint density at radius 1 is 0.818 bits per heavy atom. The fraction of sp³-hybridized carbons (Fsp3) is 0.0714. The maximum absolute atomic E-state index is 12.0. The summed E-state index contributed by atoms with van der Waals surface area (Å²) in [7, 11) is 0. The van der Waals surface area contributed by atoms with Gasteiger partial charge < -0.3 is 5.32 Å². The maximum atomic E-state index is 12.0. The van der Waals surface area contributed by atoms with Crippen molar-refractivity contribution in [3.63, 3.8) is 0 Å². The normalized spacial score (nSPS) is 15.0. The summed E-state index contributed by atoms with van der Waals surface area (Å²) >= 11 is 24.9. The van der Waals surface area contributed by atoms with E-state index in [0.29, 0.717) is 6.42 Å². The Labute approximate surface area is 152 Å². The Morgan fingerprint density at radius 2 is 1.32 bits per heavy atom. The van der Waals surface area contributed by atoms with Crippen LogP contribution in [-0.4, -0.2) is 5.78 Å². The number of hydrogen-bond donors (Lipinski definition) is 1. The first-order chi connectivity index (χ1) is 10.1. The van der Waals surface area contributed by atoms with E-state index in [1.54, 1.807) is 0 Å². The van der Waals surface area contributed by atoms with E-state index in [9.17, 15) is 4.79 Å². The number of nitrogens with one attached hydrogen (secondary N) is 1. The first-order valence-corrected chi connectivity index (χ1v) is 12.9. The summed E-state index contributed by atoms with van der Waals surface area (Å²) in [5, 5.41) is 3.31. The predicted molar refractivity (Wildman–Crippen MR) is 100 cm³/mol. The van der Waals surface area contributed by atoms with E-state index < -0.39 is 3.37 Å². The smallest absolute Gasteiger partial charge is 0.169 e. The number of Topliss-reactive ketones (excluding diaryl/α,β-unsaturated/α-hetero) is 1. The number of fused-ring (bicyclic) bond motifs is 2. The number of para-hydroxylation sites is 2. The second-order valence-corrected chi connectivity index (χ2v) is 21.2. The van der Waals surface area contributed by atoms with Gasteiger partial charge in [0.15, 0.2) is 5.78 Å². The standard InChI is InChI=1S/C14H11NO.Cl5P/c16-14-9-10-5-1-3-7-12(10)15-13-8-4-2-6-11(13)14;1-6(2,3,4)5/h1-8,15H,9H2;. The molecular weight excluding hydrogens is 406 g/mol. The van der Waals surface area contributed by atoms with E-state index in [-0.39, 0.29) is 5.78 Å². The van der Waals surface area contributed by atoms with Crippen LogP contribution in [0.5, 0.6) is 0 Å². The van der Waals surface area contributed by atoms with Crippen LogP contribution < -0.4 is 5.32 Å². The van der Waals surface area contributed by atoms with Gasteiger partial charge in [-0.25, -0.2) is 0 Å². The third-order valence-electron chi connectivity index (χ3n) is 2.87. The molecular formula is C14H11Cl5NOP. The van der Waals surface area contributed by atoms with Gasteiger partial charge in [-0.05, 0) is 23.8 Å². The van der Waals surface area contributed by atoms with Gasteiger partial charge in [0.05, 0.1) is 0 Å². The second-order valence-electron chi connectivity index (χ2n) is 4.57. The van der Waals surface area contributed by atoms with Crippen molar-refractivity contribution in [2.24, 2.45) is 0 Å². The van der Waals surface area contributed by atoms with Crippen molar-refractivity contribution in [3.05, 3.63) is 59.7 Å². The minimum absolute atomic E-state index is 0.174. The van der Waals surface area contributed by atoms with Crippen LogP contribution in [0.1, 0.15) is 15.9 Å². The zero-order valence-corrected chi connectivity index (χ0v) is 15.7. The molecule has 2 nitrogen and oxygen atoms in total. The summed E-state index contributed by atoms with van der Waals surface area (Å²) in [6.45, 7) is 0. The van der Waals surface area contributed by atoms with E-state index in [0.717, 1.165) is 22.5 Å². The molecule has 0 atom stereocenters. The van der Waals surface area contributed by atoms with E-state index in [2.05, 4.69) is 5.32 Å². The van der Waals surface area contributed by atoms with Crippen LogP contribution in [0.4, 0.5) is 11.4 Å².